The van der Waals surface area contributed by atoms with Gasteiger partial charge in [-0.15, -0.1) is 0 Å². The van der Waals surface area contributed by atoms with Crippen molar-refractivity contribution in [3.63, 3.8) is 0 Å². The Bertz CT molecular complexity index is 731. The van der Waals surface area contributed by atoms with Crippen LogP contribution in [0.25, 0.3) is 0 Å². The molecule has 1 saturated heterocycles. The van der Waals surface area contributed by atoms with E-state index in [0.29, 0.717) is 31.2 Å². The number of nitrogens with zero attached hydrogens (tertiary/aromatic N) is 3. The van der Waals surface area contributed by atoms with Gasteiger partial charge in [0.2, 0.25) is 11.8 Å². The third-order valence-corrected chi connectivity index (χ3v) is 4.23. The minimum Gasteiger partial charge on any atom is -0.351 e. The second kappa shape index (κ2) is 7.78. The van der Waals surface area contributed by atoms with Gasteiger partial charge < -0.3 is 20.5 Å². The Balaban J connectivity index is 1.50. The van der Waals surface area contributed by atoms with Gasteiger partial charge in [-0.25, -0.2) is 4.79 Å². The van der Waals surface area contributed by atoms with Gasteiger partial charge in [0.05, 0.1) is 18.9 Å². The summed E-state index contributed by atoms with van der Waals surface area (Å²) in [6, 6.07) is 9.33. The summed E-state index contributed by atoms with van der Waals surface area (Å²) < 4.78 is 5.21. The van der Waals surface area contributed by atoms with Crippen molar-refractivity contribution < 1.29 is 14.1 Å². The number of hydrogen-bond donors (Lipinski definition) is 2. The molecule has 1 aromatic heterocycles. The molecule has 25 heavy (non-hydrogen) atoms. The van der Waals surface area contributed by atoms with Gasteiger partial charge in [0.15, 0.2) is 5.82 Å². The van der Waals surface area contributed by atoms with Crippen LogP contribution in [0.15, 0.2) is 34.9 Å². The number of carbonyl (C=O) groups is 2. The normalized spacial score (nSPS) is 17.3. The number of piperidine rings is 1. The molecule has 2 heterocycles. The lowest BCUT2D eigenvalue weighted by molar-refractivity contribution is -0.126. The topological polar surface area (TPSA) is 114 Å². The first-order chi connectivity index (χ1) is 12.1. The zero-order valence-electron chi connectivity index (χ0n) is 13.9. The summed E-state index contributed by atoms with van der Waals surface area (Å²) in [4.78, 5) is 29.3. The van der Waals surface area contributed by atoms with E-state index in [1.165, 1.54) is 4.90 Å². The number of amides is 3. The fourth-order valence-corrected chi connectivity index (χ4v) is 2.91. The lowest BCUT2D eigenvalue weighted by atomic mass is 9.97. The highest BCUT2D eigenvalue weighted by atomic mass is 16.5. The summed E-state index contributed by atoms with van der Waals surface area (Å²) in [5, 5.41) is 6.69. The van der Waals surface area contributed by atoms with Crippen LogP contribution < -0.4 is 11.1 Å². The number of aromatic nitrogens is 2. The largest absolute Gasteiger partial charge is 0.351 e. The van der Waals surface area contributed by atoms with Gasteiger partial charge in [0.1, 0.15) is 0 Å². The fourth-order valence-electron chi connectivity index (χ4n) is 2.91. The van der Waals surface area contributed by atoms with Crippen LogP contribution in [-0.2, 0) is 17.8 Å². The minimum atomic E-state index is -0.485. The molecule has 1 fully saturated rings. The van der Waals surface area contributed by atoms with Gasteiger partial charge in [-0.1, -0.05) is 35.5 Å². The van der Waals surface area contributed by atoms with Crippen molar-refractivity contribution in [3.05, 3.63) is 47.6 Å². The number of urea groups is 1. The highest BCUT2D eigenvalue weighted by Crippen LogP contribution is 2.16. The Morgan fingerprint density at radius 2 is 2.12 bits per heavy atom. The van der Waals surface area contributed by atoms with Crippen LogP contribution in [0.2, 0.25) is 0 Å². The number of carbonyl (C=O) groups excluding carboxylic acids is 2. The fraction of sp³-hybridized carbons (Fsp3) is 0.412. The van der Waals surface area contributed by atoms with E-state index >= 15 is 0 Å². The maximum absolute atomic E-state index is 12.3. The lowest BCUT2D eigenvalue weighted by Gasteiger charge is -2.30. The zero-order valence-corrected chi connectivity index (χ0v) is 13.9. The predicted octanol–water partition coefficient (Wildman–Crippen LogP) is 1.07. The van der Waals surface area contributed by atoms with Crippen LogP contribution in [-0.4, -0.2) is 40.1 Å². The minimum absolute atomic E-state index is 0.125. The smallest absolute Gasteiger partial charge is 0.314 e. The first-order valence-corrected chi connectivity index (χ1v) is 8.29. The van der Waals surface area contributed by atoms with Crippen molar-refractivity contribution in [2.24, 2.45) is 11.7 Å². The molecule has 3 N–H and O–H groups in total. The van der Waals surface area contributed by atoms with Crippen LogP contribution in [0.1, 0.15) is 30.1 Å². The maximum Gasteiger partial charge on any atom is 0.314 e. The Morgan fingerprint density at radius 1 is 1.32 bits per heavy atom. The van der Waals surface area contributed by atoms with Crippen LogP contribution in [0, 0.1) is 5.92 Å². The van der Waals surface area contributed by atoms with Crippen molar-refractivity contribution in [2.45, 2.75) is 25.8 Å². The van der Waals surface area contributed by atoms with E-state index in [-0.39, 0.29) is 18.4 Å². The second-order valence-electron chi connectivity index (χ2n) is 6.11. The molecule has 0 bridgehead atoms. The van der Waals surface area contributed by atoms with E-state index in [0.717, 1.165) is 18.4 Å². The third kappa shape index (κ3) is 4.56. The van der Waals surface area contributed by atoms with Crippen LogP contribution in [0.5, 0.6) is 0 Å². The van der Waals surface area contributed by atoms with Gasteiger partial charge in [0, 0.05) is 13.1 Å². The molecule has 8 nitrogen and oxygen atoms in total. The van der Waals surface area contributed by atoms with Gasteiger partial charge in [0.25, 0.3) is 0 Å². The van der Waals surface area contributed by atoms with Crippen molar-refractivity contribution in [1.29, 1.82) is 0 Å². The molecule has 1 aromatic carbocycles. The molecule has 3 rings (SSSR count). The number of nitrogens with one attached hydrogen (secondary N) is 1. The zero-order chi connectivity index (χ0) is 17.6. The summed E-state index contributed by atoms with van der Waals surface area (Å²) in [6.07, 6.45) is 2.06. The number of rotatable bonds is 5. The van der Waals surface area contributed by atoms with E-state index < -0.39 is 6.03 Å². The Labute approximate surface area is 145 Å². The number of hydrogen-bond acceptors (Lipinski definition) is 5. The third-order valence-electron chi connectivity index (χ3n) is 4.23. The Hall–Kier alpha value is -2.90. The number of primary amides is 1. The average Bonchev–Trinajstić information content (AvgIpc) is 3.08. The quantitative estimate of drug-likeness (QED) is 0.843. The molecule has 3 amide bonds. The van der Waals surface area contributed by atoms with Gasteiger partial charge in [-0.2, -0.15) is 4.98 Å². The van der Waals surface area contributed by atoms with Crippen molar-refractivity contribution in [3.8, 4) is 0 Å². The van der Waals surface area contributed by atoms with Gasteiger partial charge in [-0.3, -0.25) is 4.79 Å². The standard InChI is InChI=1S/C17H21N5O3/c18-17(24)22-8-4-7-13(11-22)16(23)19-10-14-20-15(25-21-14)9-12-5-2-1-3-6-12/h1-3,5-6,13H,4,7-11H2,(H2,18,24)(H,19,23). The molecular formula is C17H21N5O3. The van der Waals surface area contributed by atoms with Gasteiger partial charge in [-0.05, 0) is 18.4 Å². The Morgan fingerprint density at radius 3 is 2.88 bits per heavy atom. The summed E-state index contributed by atoms with van der Waals surface area (Å²) in [7, 11) is 0. The van der Waals surface area contributed by atoms with E-state index in [1.807, 2.05) is 30.3 Å². The second-order valence-corrected chi connectivity index (χ2v) is 6.11. The van der Waals surface area contributed by atoms with E-state index in [4.69, 9.17) is 10.3 Å². The highest BCUT2D eigenvalue weighted by Gasteiger charge is 2.27. The molecule has 1 aliphatic heterocycles. The molecule has 0 spiro atoms. The summed E-state index contributed by atoms with van der Waals surface area (Å²) in [5.41, 5.74) is 6.36. The number of benzene rings is 1. The van der Waals surface area contributed by atoms with Crippen molar-refractivity contribution in [1.82, 2.24) is 20.4 Å². The number of likely N-dealkylation sites (tertiary alicyclic amines) is 1. The number of nitrogens with two attached hydrogens (primary N) is 1. The molecule has 132 valence electrons. The Kier molecular flexibility index (Phi) is 5.27. The van der Waals surface area contributed by atoms with Crippen LogP contribution >= 0.6 is 0 Å². The summed E-state index contributed by atoms with van der Waals surface area (Å²) in [6.45, 7) is 1.16. The molecule has 0 radical (unpaired) electrons. The SMILES string of the molecule is NC(=O)N1CCCC(C(=O)NCc2noc(Cc3ccccc3)n2)C1. The summed E-state index contributed by atoms with van der Waals surface area (Å²) >= 11 is 0. The lowest BCUT2D eigenvalue weighted by Crippen LogP contribution is -2.47. The monoisotopic (exact) mass is 343 g/mol. The van der Waals surface area contributed by atoms with Crippen molar-refractivity contribution in [2.75, 3.05) is 13.1 Å². The molecule has 2 aromatic rings. The molecule has 8 heteroatoms. The van der Waals surface area contributed by atoms with E-state index in [9.17, 15) is 9.59 Å². The van der Waals surface area contributed by atoms with Crippen molar-refractivity contribution >= 4 is 11.9 Å². The predicted molar refractivity (Wildman–Crippen MR) is 89.3 cm³/mol. The average molecular weight is 343 g/mol. The van der Waals surface area contributed by atoms with E-state index in [1.54, 1.807) is 0 Å². The first-order valence-electron chi connectivity index (χ1n) is 8.29. The highest BCUT2D eigenvalue weighted by molar-refractivity contribution is 5.80. The molecule has 1 atom stereocenters. The van der Waals surface area contributed by atoms with Gasteiger partial charge >= 0.3 is 6.03 Å². The maximum atomic E-state index is 12.3. The van der Waals surface area contributed by atoms with Crippen LogP contribution in [0.3, 0.4) is 0 Å². The van der Waals surface area contributed by atoms with E-state index in [2.05, 4.69) is 15.5 Å². The molecule has 1 aliphatic rings. The summed E-state index contributed by atoms with van der Waals surface area (Å²) in [5.74, 6) is 0.562. The molecule has 0 saturated carbocycles. The van der Waals surface area contributed by atoms with Crippen LogP contribution in [0.4, 0.5) is 4.79 Å². The molecular weight excluding hydrogens is 322 g/mol. The molecule has 0 aliphatic carbocycles. The molecule has 1 unspecified atom stereocenters. The first kappa shape index (κ1) is 16.9.